The molecule has 1 unspecified atom stereocenters. The fraction of sp³-hybridized carbons (Fsp3) is 0.364. The van der Waals surface area contributed by atoms with Crippen LogP contribution in [0.1, 0.15) is 18.4 Å². The third-order valence-electron chi connectivity index (χ3n) is 6.54. The highest BCUT2D eigenvalue weighted by Gasteiger charge is 2.70. The van der Waals surface area contributed by atoms with Crippen molar-refractivity contribution in [3.63, 3.8) is 0 Å². The normalized spacial score (nSPS) is 26.3. The monoisotopic (exact) mass is 456 g/mol. The highest BCUT2D eigenvalue weighted by Crippen LogP contribution is 2.57. The van der Waals surface area contributed by atoms with Crippen LogP contribution in [0.4, 0.5) is 6.01 Å². The van der Waals surface area contributed by atoms with Gasteiger partial charge in [0.05, 0.1) is 0 Å². The van der Waals surface area contributed by atoms with E-state index in [9.17, 15) is 18.3 Å². The zero-order chi connectivity index (χ0) is 22.5. The van der Waals surface area contributed by atoms with E-state index in [2.05, 4.69) is 9.71 Å². The second kappa shape index (κ2) is 7.58. The molecule has 2 N–H and O–H groups in total. The van der Waals surface area contributed by atoms with Gasteiger partial charge in [-0.25, -0.2) is 0 Å². The standard InChI is InChI=1S/C22H24N4O5S/c1-15-19(16-7-3-2-4-8-16)22(15,20(27)28)24-32(29,30)26-13-11-25(12-14-26)21-23-17-9-5-6-10-18(17)31-21/h2-10,15,19,24H,11-14H2,1H3,(H,27,28)/t15-,19-,22?/m1/s1. The number of anilines is 1. The Morgan fingerprint density at radius 1 is 1.09 bits per heavy atom. The Balaban J connectivity index is 1.30. The van der Waals surface area contributed by atoms with Gasteiger partial charge < -0.3 is 14.4 Å². The first kappa shape index (κ1) is 20.9. The summed E-state index contributed by atoms with van der Waals surface area (Å²) in [6.45, 7) is 2.96. The fourth-order valence-electron chi connectivity index (χ4n) is 4.69. The Morgan fingerprint density at radius 2 is 1.75 bits per heavy atom. The second-order valence-corrected chi connectivity index (χ2v) is 9.98. The summed E-state index contributed by atoms with van der Waals surface area (Å²) in [6.07, 6.45) is 0. The molecule has 5 rings (SSSR count). The molecule has 2 aromatic carbocycles. The molecule has 10 heteroatoms. The van der Waals surface area contributed by atoms with Crippen molar-refractivity contribution in [2.45, 2.75) is 18.4 Å². The lowest BCUT2D eigenvalue weighted by atomic mass is 10.1. The highest BCUT2D eigenvalue weighted by atomic mass is 32.2. The summed E-state index contributed by atoms with van der Waals surface area (Å²) in [5.74, 6) is -1.94. The number of oxazole rings is 1. The molecule has 1 aliphatic carbocycles. The Bertz CT molecular complexity index is 1220. The van der Waals surface area contributed by atoms with E-state index < -0.39 is 27.6 Å². The molecule has 168 valence electrons. The maximum absolute atomic E-state index is 13.1. The number of carbonyl (C=O) groups is 1. The van der Waals surface area contributed by atoms with Crippen LogP contribution < -0.4 is 9.62 Å². The SMILES string of the molecule is C[C@@H]1[C@H](c2ccccc2)C1(NS(=O)(=O)N1CCN(c2nc3ccccc3o2)CC1)C(=O)O. The Labute approximate surface area is 185 Å². The number of hydrogen-bond acceptors (Lipinski definition) is 6. The smallest absolute Gasteiger partial charge is 0.325 e. The average molecular weight is 457 g/mol. The largest absolute Gasteiger partial charge is 0.480 e. The Kier molecular flexibility index (Phi) is 4.95. The second-order valence-electron chi connectivity index (χ2n) is 8.31. The van der Waals surface area contributed by atoms with Crippen molar-refractivity contribution in [3.05, 3.63) is 60.2 Å². The van der Waals surface area contributed by atoms with Gasteiger partial charge in [0.15, 0.2) is 5.58 Å². The van der Waals surface area contributed by atoms with Gasteiger partial charge in [0.2, 0.25) is 0 Å². The lowest BCUT2D eigenvalue weighted by Gasteiger charge is -2.33. The molecule has 3 aromatic rings. The number of hydrogen-bond donors (Lipinski definition) is 2. The molecule has 1 saturated heterocycles. The van der Waals surface area contributed by atoms with E-state index in [1.807, 2.05) is 59.5 Å². The van der Waals surface area contributed by atoms with Crippen LogP contribution in [-0.2, 0) is 15.0 Å². The van der Waals surface area contributed by atoms with Crippen molar-refractivity contribution in [2.24, 2.45) is 5.92 Å². The number of carboxylic acid groups (broad SMARTS) is 1. The van der Waals surface area contributed by atoms with Crippen LogP contribution in [0.15, 0.2) is 59.0 Å². The number of fused-ring (bicyclic) bond motifs is 1. The predicted octanol–water partition coefficient (Wildman–Crippen LogP) is 2.04. The number of benzene rings is 2. The van der Waals surface area contributed by atoms with Gasteiger partial charge in [0.25, 0.3) is 16.2 Å². The molecule has 2 aliphatic rings. The van der Waals surface area contributed by atoms with Crippen molar-refractivity contribution in [2.75, 3.05) is 31.1 Å². The minimum atomic E-state index is -4.00. The highest BCUT2D eigenvalue weighted by molar-refractivity contribution is 7.87. The topological polar surface area (TPSA) is 116 Å². The molecule has 32 heavy (non-hydrogen) atoms. The molecule has 1 saturated carbocycles. The van der Waals surface area contributed by atoms with Crippen LogP contribution >= 0.6 is 0 Å². The van der Waals surface area contributed by atoms with E-state index in [1.165, 1.54) is 4.31 Å². The number of rotatable bonds is 6. The molecule has 1 aromatic heterocycles. The van der Waals surface area contributed by atoms with Crippen LogP contribution in [0.2, 0.25) is 0 Å². The van der Waals surface area contributed by atoms with Gasteiger partial charge in [0.1, 0.15) is 11.1 Å². The molecule has 1 aliphatic heterocycles. The maximum Gasteiger partial charge on any atom is 0.325 e. The fourth-order valence-corrected chi connectivity index (χ4v) is 6.29. The van der Waals surface area contributed by atoms with Crippen LogP contribution in [-0.4, -0.2) is 60.5 Å². The van der Waals surface area contributed by atoms with Crippen LogP contribution in [0.5, 0.6) is 0 Å². The summed E-state index contributed by atoms with van der Waals surface area (Å²) >= 11 is 0. The molecule has 0 amide bonds. The van der Waals surface area contributed by atoms with E-state index >= 15 is 0 Å². The van der Waals surface area contributed by atoms with Gasteiger partial charge in [0, 0.05) is 32.1 Å². The third-order valence-corrected chi connectivity index (χ3v) is 8.18. The number of aromatic nitrogens is 1. The van der Waals surface area contributed by atoms with E-state index in [-0.39, 0.29) is 19.0 Å². The van der Waals surface area contributed by atoms with E-state index in [0.29, 0.717) is 24.7 Å². The summed E-state index contributed by atoms with van der Waals surface area (Å²) in [6, 6.07) is 17.1. The number of piperazine rings is 1. The van der Waals surface area contributed by atoms with Gasteiger partial charge >= 0.3 is 5.97 Å². The third kappa shape index (κ3) is 3.35. The number of para-hydroxylation sites is 2. The quantitative estimate of drug-likeness (QED) is 0.583. The van der Waals surface area contributed by atoms with Crippen molar-refractivity contribution in [1.82, 2.24) is 14.0 Å². The maximum atomic E-state index is 13.1. The zero-order valence-corrected chi connectivity index (χ0v) is 18.3. The minimum Gasteiger partial charge on any atom is -0.480 e. The Morgan fingerprint density at radius 3 is 2.41 bits per heavy atom. The van der Waals surface area contributed by atoms with E-state index in [1.54, 1.807) is 6.92 Å². The molecule has 9 nitrogen and oxygen atoms in total. The van der Waals surface area contributed by atoms with Gasteiger partial charge in [-0.05, 0) is 23.6 Å². The van der Waals surface area contributed by atoms with Crippen LogP contribution in [0.3, 0.4) is 0 Å². The van der Waals surface area contributed by atoms with Crippen LogP contribution in [0, 0.1) is 5.92 Å². The summed E-state index contributed by atoms with van der Waals surface area (Å²) in [5.41, 5.74) is 0.693. The van der Waals surface area contributed by atoms with Crippen LogP contribution in [0.25, 0.3) is 11.1 Å². The van der Waals surface area contributed by atoms with Gasteiger partial charge in [-0.3, -0.25) is 4.79 Å². The molecule has 0 spiro atoms. The number of nitrogens with one attached hydrogen (secondary N) is 1. The summed E-state index contributed by atoms with van der Waals surface area (Å²) < 4.78 is 35.9. The molecular weight excluding hydrogens is 432 g/mol. The van der Waals surface area contributed by atoms with Gasteiger partial charge in [-0.2, -0.15) is 22.4 Å². The van der Waals surface area contributed by atoms with Crippen molar-refractivity contribution in [3.8, 4) is 0 Å². The molecule has 2 fully saturated rings. The predicted molar refractivity (Wildman–Crippen MR) is 119 cm³/mol. The molecule has 0 bridgehead atoms. The van der Waals surface area contributed by atoms with E-state index in [4.69, 9.17) is 4.42 Å². The first-order chi connectivity index (χ1) is 15.3. The Hall–Kier alpha value is -2.95. The first-order valence-electron chi connectivity index (χ1n) is 10.5. The summed E-state index contributed by atoms with van der Waals surface area (Å²) in [4.78, 5) is 18.5. The zero-order valence-electron chi connectivity index (χ0n) is 17.5. The number of carboxylic acids is 1. The van der Waals surface area contributed by atoms with Crippen molar-refractivity contribution in [1.29, 1.82) is 0 Å². The number of nitrogens with zero attached hydrogens (tertiary/aromatic N) is 3. The van der Waals surface area contributed by atoms with Gasteiger partial charge in [-0.15, -0.1) is 0 Å². The first-order valence-corrected chi connectivity index (χ1v) is 11.9. The lowest BCUT2D eigenvalue weighted by molar-refractivity contribution is -0.140. The van der Waals surface area contributed by atoms with Crippen molar-refractivity contribution >= 4 is 33.3 Å². The average Bonchev–Trinajstić information content (AvgIpc) is 3.16. The molecule has 2 heterocycles. The van der Waals surface area contributed by atoms with E-state index in [0.717, 1.165) is 11.1 Å². The van der Waals surface area contributed by atoms with Crippen molar-refractivity contribution < 1.29 is 22.7 Å². The summed E-state index contributed by atoms with van der Waals surface area (Å²) in [7, 11) is -4.00. The molecule has 0 radical (unpaired) electrons. The lowest BCUT2D eigenvalue weighted by Crippen LogP contribution is -2.56. The number of aliphatic carboxylic acids is 1. The molecule has 3 atom stereocenters. The summed E-state index contributed by atoms with van der Waals surface area (Å²) in [5, 5.41) is 9.95. The van der Waals surface area contributed by atoms with Gasteiger partial charge in [-0.1, -0.05) is 49.4 Å². The minimum absolute atomic E-state index is 0.203. The molecular formula is C22H24N4O5S.